The maximum absolute atomic E-state index is 4.80. The summed E-state index contributed by atoms with van der Waals surface area (Å²) in [4.78, 5) is 2.59. The van der Waals surface area contributed by atoms with E-state index in [9.17, 15) is 0 Å². The number of rotatable bonds is 12. The smallest absolute Gasteiger partial charge is 0.137 e. The third kappa shape index (κ3) is 7.65. The van der Waals surface area contributed by atoms with Gasteiger partial charge in [0.25, 0.3) is 0 Å². The van der Waals surface area contributed by atoms with Crippen molar-refractivity contribution in [3.63, 3.8) is 0 Å². The van der Waals surface area contributed by atoms with Crippen molar-refractivity contribution in [2.45, 2.75) is 81.5 Å². The molecule has 314 valence electrons. The van der Waals surface area contributed by atoms with Crippen molar-refractivity contribution < 1.29 is 0 Å². The molecule has 0 amide bonds. The molecule has 2 N–H and O–H groups in total. The van der Waals surface area contributed by atoms with E-state index in [2.05, 4.69) is 222 Å². The Kier molecular flexibility index (Phi) is 10.5. The average Bonchev–Trinajstić information content (AvgIpc) is 4.08. The van der Waals surface area contributed by atoms with Gasteiger partial charge in [0, 0.05) is 64.3 Å². The minimum absolute atomic E-state index is 0.00540. The highest BCUT2D eigenvalue weighted by atomic mass is 15.8. The van der Waals surface area contributed by atoms with Gasteiger partial charge in [0.05, 0.1) is 6.04 Å². The van der Waals surface area contributed by atoms with Crippen LogP contribution in [0.1, 0.15) is 90.8 Å². The van der Waals surface area contributed by atoms with Gasteiger partial charge in [-0.25, -0.2) is 5.43 Å². The number of anilines is 2. The summed E-state index contributed by atoms with van der Waals surface area (Å²) >= 11 is 0. The second-order valence-corrected chi connectivity index (χ2v) is 18.8. The van der Waals surface area contributed by atoms with E-state index in [1.165, 1.54) is 61.7 Å². The van der Waals surface area contributed by atoms with Crippen LogP contribution in [0.5, 0.6) is 0 Å². The van der Waals surface area contributed by atoms with Gasteiger partial charge in [-0.05, 0) is 95.3 Å². The lowest BCUT2D eigenvalue weighted by Crippen LogP contribution is -2.49. The first-order valence-electron chi connectivity index (χ1n) is 23.3. The van der Waals surface area contributed by atoms with Crippen LogP contribution in [0, 0.1) is 11.3 Å². The van der Waals surface area contributed by atoms with Crippen molar-refractivity contribution in [2.75, 3.05) is 10.2 Å². The van der Waals surface area contributed by atoms with E-state index in [0.29, 0.717) is 35.8 Å². The Morgan fingerprint density at radius 3 is 2.27 bits per heavy atom. The summed E-state index contributed by atoms with van der Waals surface area (Å²) < 4.78 is 0. The predicted octanol–water partition coefficient (Wildman–Crippen LogP) is 13.6. The minimum atomic E-state index is 0.00540. The number of allylic oxidation sites excluding steroid dienone is 16. The molecule has 1 saturated heterocycles. The zero-order valence-electron chi connectivity index (χ0n) is 36.4. The predicted molar refractivity (Wildman–Crippen MR) is 262 cm³/mol. The Hall–Kier alpha value is -6.36. The minimum Gasteiger partial charge on any atom is -0.381 e. The number of para-hydroxylation sites is 1. The van der Waals surface area contributed by atoms with Crippen molar-refractivity contribution in [2.24, 2.45) is 11.3 Å². The maximum atomic E-state index is 4.80. The van der Waals surface area contributed by atoms with Gasteiger partial charge in [-0.2, -0.15) is 0 Å². The fourth-order valence-corrected chi connectivity index (χ4v) is 11.1. The van der Waals surface area contributed by atoms with Gasteiger partial charge in [-0.3, -0.25) is 5.01 Å². The van der Waals surface area contributed by atoms with Crippen LogP contribution in [0.15, 0.2) is 223 Å². The van der Waals surface area contributed by atoms with Crippen LogP contribution in [0.3, 0.4) is 0 Å². The molecule has 11 rings (SSSR count). The van der Waals surface area contributed by atoms with Crippen LogP contribution in [0.4, 0.5) is 11.4 Å². The van der Waals surface area contributed by atoms with Crippen molar-refractivity contribution in [3.8, 4) is 0 Å². The van der Waals surface area contributed by atoms with E-state index in [1.807, 2.05) is 0 Å². The summed E-state index contributed by atoms with van der Waals surface area (Å²) in [6.45, 7) is 7.23. The Balaban J connectivity index is 0.728. The van der Waals surface area contributed by atoms with Crippen molar-refractivity contribution in [3.05, 3.63) is 251 Å². The summed E-state index contributed by atoms with van der Waals surface area (Å²) in [6.07, 6.45) is 40.8. The molecular formula is C59H58N4. The first kappa shape index (κ1) is 39.5. The molecule has 2 heterocycles. The lowest BCUT2D eigenvalue weighted by Gasteiger charge is -2.50. The highest BCUT2D eigenvalue weighted by molar-refractivity contribution is 5.72. The van der Waals surface area contributed by atoms with Gasteiger partial charge in [0.1, 0.15) is 6.17 Å². The number of hydrogen-bond donors (Lipinski definition) is 2. The third-order valence-corrected chi connectivity index (χ3v) is 15.0. The first-order valence-corrected chi connectivity index (χ1v) is 23.3. The fourth-order valence-electron chi connectivity index (χ4n) is 11.1. The van der Waals surface area contributed by atoms with Crippen molar-refractivity contribution in [1.82, 2.24) is 10.4 Å². The molecule has 0 radical (unpaired) electrons. The number of nitrogens with one attached hydrogen (secondary N) is 2. The normalized spacial score (nSPS) is 28.8. The average molecular weight is 823 g/mol. The summed E-state index contributed by atoms with van der Waals surface area (Å²) in [5, 5.41) is 6.32. The van der Waals surface area contributed by atoms with E-state index in [1.54, 1.807) is 0 Å². The maximum Gasteiger partial charge on any atom is 0.137 e. The number of fused-ring (bicyclic) bond motifs is 3. The fraction of sp³-hybridized carbons (Fsp3) is 0.254. The molecule has 7 aliphatic rings. The van der Waals surface area contributed by atoms with Gasteiger partial charge in [0.2, 0.25) is 0 Å². The standard InChI is InChI=1S/C59H58N4/c1-41(47-20-14-21-48(40-47)44-28-30-46(31-29-44)58-61-63(58)51(38-42-16-6-3-7-17-42)39-43-18-8-4-9-19-43)59(2)37-36-56(59)60-49-34-32-45(33-35-49)52-25-15-27-55-57(52)53-24-12-13-26-54(53)62(55)50-22-10-5-11-23-50/h3-18,20-22,24-35,39,43,48,50,52,56-58,60-61H,1,19,23,36-38,40H2,2H3/b51-39+/t43?,48?,50?,52?,56?,57?,58?,59-,63?/m1/s1. The van der Waals surface area contributed by atoms with Gasteiger partial charge in [-0.15, -0.1) is 0 Å². The van der Waals surface area contributed by atoms with Crippen LogP contribution in [0.2, 0.25) is 0 Å². The molecule has 8 atom stereocenters. The van der Waals surface area contributed by atoms with E-state index < -0.39 is 0 Å². The Labute approximate surface area is 374 Å². The Bertz CT molecular complexity index is 2650. The van der Waals surface area contributed by atoms with Gasteiger partial charge in [-0.1, -0.05) is 183 Å². The summed E-state index contributed by atoms with van der Waals surface area (Å²) in [5.74, 6) is 1.36. The van der Waals surface area contributed by atoms with Crippen LogP contribution >= 0.6 is 0 Å². The number of benzene rings is 4. The zero-order chi connectivity index (χ0) is 42.3. The molecule has 2 fully saturated rings. The van der Waals surface area contributed by atoms with Gasteiger partial charge >= 0.3 is 0 Å². The number of hydrazine groups is 1. The van der Waals surface area contributed by atoms with E-state index in [0.717, 1.165) is 38.5 Å². The van der Waals surface area contributed by atoms with Crippen LogP contribution in [-0.2, 0) is 6.42 Å². The molecule has 5 aliphatic carbocycles. The van der Waals surface area contributed by atoms with E-state index in [-0.39, 0.29) is 11.6 Å². The Morgan fingerprint density at radius 1 is 0.762 bits per heavy atom. The second kappa shape index (κ2) is 16.7. The van der Waals surface area contributed by atoms with Gasteiger partial charge < -0.3 is 10.2 Å². The first-order chi connectivity index (χ1) is 31.0. The number of nitrogens with zero attached hydrogens (tertiary/aromatic N) is 2. The van der Waals surface area contributed by atoms with E-state index in [4.69, 9.17) is 6.58 Å². The molecule has 1 saturated carbocycles. The highest BCUT2D eigenvalue weighted by Crippen LogP contribution is 2.55. The molecule has 0 spiro atoms. The summed E-state index contributed by atoms with van der Waals surface area (Å²) in [6, 6.07) is 39.2. The number of hydrogen-bond acceptors (Lipinski definition) is 4. The van der Waals surface area contributed by atoms with Gasteiger partial charge in [0.15, 0.2) is 0 Å². The molecule has 0 bridgehead atoms. The zero-order valence-corrected chi connectivity index (χ0v) is 36.4. The summed E-state index contributed by atoms with van der Waals surface area (Å²) in [5.41, 5.74) is 18.4. The van der Waals surface area contributed by atoms with E-state index >= 15 is 0 Å². The second-order valence-electron chi connectivity index (χ2n) is 18.8. The molecule has 4 aromatic carbocycles. The van der Waals surface area contributed by atoms with Crippen LogP contribution < -0.4 is 15.6 Å². The van der Waals surface area contributed by atoms with Crippen molar-refractivity contribution >= 4 is 11.4 Å². The van der Waals surface area contributed by atoms with Crippen molar-refractivity contribution in [1.29, 1.82) is 0 Å². The lowest BCUT2D eigenvalue weighted by molar-refractivity contribution is 0.185. The highest BCUT2D eigenvalue weighted by Gasteiger charge is 2.46. The molecule has 2 aliphatic heterocycles. The Morgan fingerprint density at radius 2 is 1.51 bits per heavy atom. The third-order valence-electron chi connectivity index (χ3n) is 15.0. The summed E-state index contributed by atoms with van der Waals surface area (Å²) in [7, 11) is 0. The molecular weight excluding hydrogens is 765 g/mol. The molecule has 7 unspecified atom stereocenters. The topological polar surface area (TPSA) is 40.2 Å². The molecule has 4 nitrogen and oxygen atoms in total. The largest absolute Gasteiger partial charge is 0.381 e. The molecule has 4 heteroatoms. The molecule has 0 aromatic heterocycles. The molecule has 4 aromatic rings. The lowest BCUT2D eigenvalue weighted by atomic mass is 9.59. The quantitative estimate of drug-likeness (QED) is 0.140. The monoisotopic (exact) mass is 822 g/mol. The SMILES string of the molecule is C=C(C1=CC=CC(c2ccc(C3NN3/C(=C/C3C=CC=CC3)Cc3ccccc3)cc2)C1)[C@@]1(C)CCC1Nc1ccc(C2C=CC=C3C2c2ccccc2N3C2C=CC=CC2)cc1. The van der Waals surface area contributed by atoms with Crippen LogP contribution in [0.25, 0.3) is 0 Å². The molecule has 63 heavy (non-hydrogen) atoms. The van der Waals surface area contributed by atoms with Crippen LogP contribution in [-0.4, -0.2) is 17.1 Å².